The van der Waals surface area contributed by atoms with Gasteiger partial charge in [0.25, 0.3) is 0 Å². The average Bonchev–Trinajstić information content (AvgIpc) is 2.73. The summed E-state index contributed by atoms with van der Waals surface area (Å²) >= 11 is 0. The van der Waals surface area contributed by atoms with Gasteiger partial charge in [-0.2, -0.15) is 5.10 Å². The predicted octanol–water partition coefficient (Wildman–Crippen LogP) is 1.23. The Morgan fingerprint density at radius 2 is 1.95 bits per heavy atom. The Hall–Kier alpha value is -2.14. The van der Waals surface area contributed by atoms with Crippen molar-refractivity contribution in [1.82, 2.24) is 14.7 Å². The molecule has 1 fully saturated rings. The molecule has 2 heterocycles. The molecule has 0 saturated carbocycles. The third kappa shape index (κ3) is 2.56. The van der Waals surface area contributed by atoms with Gasteiger partial charge in [-0.25, -0.2) is 4.68 Å². The van der Waals surface area contributed by atoms with E-state index in [-0.39, 0.29) is 12.0 Å². The highest BCUT2D eigenvalue weighted by Crippen LogP contribution is 2.20. The minimum Gasteiger partial charge on any atom is -0.389 e. The molecular weight excluding hydrogens is 266 g/mol. The summed E-state index contributed by atoms with van der Waals surface area (Å²) in [6.45, 7) is 4.81. The fourth-order valence-corrected chi connectivity index (χ4v) is 2.67. The highest BCUT2D eigenvalue weighted by molar-refractivity contribution is 5.80. The maximum Gasteiger partial charge on any atom is 0.227 e. The first-order chi connectivity index (χ1) is 10.1. The number of rotatable bonds is 3. The summed E-state index contributed by atoms with van der Waals surface area (Å²) < 4.78 is 1.88. The number of likely N-dealkylation sites (tertiary alicyclic amines) is 1. The standard InChI is InChI=1S/C16H19N3O2/c1-11-15(8-16(21)18-9-14(20)10-18)12(2)19(17-11)13-6-4-3-5-7-13/h3-7,14,20H,8-10H2,1-2H3. The molecule has 1 N–H and O–H groups in total. The quantitative estimate of drug-likeness (QED) is 0.923. The van der Waals surface area contributed by atoms with Crippen molar-refractivity contribution in [2.45, 2.75) is 26.4 Å². The summed E-state index contributed by atoms with van der Waals surface area (Å²) in [6, 6.07) is 9.90. The third-order valence-electron chi connectivity index (χ3n) is 3.98. The zero-order chi connectivity index (χ0) is 15.0. The molecule has 1 amide bonds. The van der Waals surface area contributed by atoms with Crippen LogP contribution in [0.4, 0.5) is 0 Å². The molecule has 1 aliphatic heterocycles. The molecule has 5 nitrogen and oxygen atoms in total. The van der Waals surface area contributed by atoms with Crippen LogP contribution in [0, 0.1) is 13.8 Å². The van der Waals surface area contributed by atoms with E-state index >= 15 is 0 Å². The highest BCUT2D eigenvalue weighted by Gasteiger charge is 2.29. The summed E-state index contributed by atoms with van der Waals surface area (Å²) in [7, 11) is 0. The molecule has 5 heteroatoms. The number of aliphatic hydroxyl groups excluding tert-OH is 1. The van der Waals surface area contributed by atoms with Crippen LogP contribution in [0.15, 0.2) is 30.3 Å². The number of aryl methyl sites for hydroxylation is 1. The monoisotopic (exact) mass is 285 g/mol. The van der Waals surface area contributed by atoms with Crippen molar-refractivity contribution in [1.29, 1.82) is 0 Å². The van der Waals surface area contributed by atoms with Crippen molar-refractivity contribution in [2.24, 2.45) is 0 Å². The van der Waals surface area contributed by atoms with Gasteiger partial charge >= 0.3 is 0 Å². The zero-order valence-corrected chi connectivity index (χ0v) is 12.3. The van der Waals surface area contributed by atoms with Crippen LogP contribution in [0.3, 0.4) is 0 Å². The third-order valence-corrected chi connectivity index (χ3v) is 3.98. The molecule has 21 heavy (non-hydrogen) atoms. The average molecular weight is 285 g/mol. The smallest absolute Gasteiger partial charge is 0.227 e. The molecule has 0 bridgehead atoms. The van der Waals surface area contributed by atoms with Gasteiger partial charge in [0.2, 0.25) is 5.91 Å². The number of para-hydroxylation sites is 1. The molecule has 0 spiro atoms. The van der Waals surface area contributed by atoms with Crippen LogP contribution in [0.2, 0.25) is 0 Å². The van der Waals surface area contributed by atoms with Gasteiger partial charge in [-0.1, -0.05) is 18.2 Å². The molecule has 1 saturated heterocycles. The highest BCUT2D eigenvalue weighted by atomic mass is 16.3. The summed E-state index contributed by atoms with van der Waals surface area (Å²) in [4.78, 5) is 13.9. The molecule has 0 unspecified atom stereocenters. The second kappa shape index (κ2) is 5.33. The van der Waals surface area contributed by atoms with Crippen molar-refractivity contribution in [3.05, 3.63) is 47.3 Å². The van der Waals surface area contributed by atoms with E-state index in [1.165, 1.54) is 0 Å². The van der Waals surface area contributed by atoms with Gasteiger partial charge in [-0.05, 0) is 26.0 Å². The fourth-order valence-electron chi connectivity index (χ4n) is 2.67. The van der Waals surface area contributed by atoms with Gasteiger partial charge in [0, 0.05) is 24.3 Å². The lowest BCUT2D eigenvalue weighted by Crippen LogP contribution is -2.54. The summed E-state index contributed by atoms with van der Waals surface area (Å²) in [5, 5.41) is 13.8. The lowest BCUT2D eigenvalue weighted by atomic mass is 10.1. The van der Waals surface area contributed by atoms with Crippen LogP contribution in [0.1, 0.15) is 17.0 Å². The Labute approximate surface area is 123 Å². The van der Waals surface area contributed by atoms with Gasteiger partial charge in [0.15, 0.2) is 0 Å². The van der Waals surface area contributed by atoms with Gasteiger partial charge in [0.05, 0.1) is 23.9 Å². The topological polar surface area (TPSA) is 58.4 Å². The number of carbonyl (C=O) groups is 1. The molecule has 3 rings (SSSR count). The van der Waals surface area contributed by atoms with Gasteiger partial charge in [0.1, 0.15) is 0 Å². The summed E-state index contributed by atoms with van der Waals surface area (Å²) in [6.07, 6.45) is -0.0137. The number of carbonyl (C=O) groups excluding carboxylic acids is 1. The number of nitrogens with zero attached hydrogens (tertiary/aromatic N) is 3. The van der Waals surface area contributed by atoms with E-state index in [2.05, 4.69) is 5.10 Å². The van der Waals surface area contributed by atoms with E-state index in [0.717, 1.165) is 22.6 Å². The van der Waals surface area contributed by atoms with Crippen molar-refractivity contribution in [3.63, 3.8) is 0 Å². The Bertz CT molecular complexity index is 658. The molecule has 0 atom stereocenters. The minimum atomic E-state index is -0.358. The molecule has 2 aromatic rings. The SMILES string of the molecule is Cc1nn(-c2ccccc2)c(C)c1CC(=O)N1CC(O)C1. The van der Waals surface area contributed by atoms with E-state index in [1.807, 2.05) is 48.9 Å². The number of hydrogen-bond donors (Lipinski definition) is 1. The van der Waals surface area contributed by atoms with E-state index in [0.29, 0.717) is 19.5 Å². The molecule has 0 radical (unpaired) electrons. The fraction of sp³-hybridized carbons (Fsp3) is 0.375. The number of benzene rings is 1. The number of aliphatic hydroxyl groups is 1. The van der Waals surface area contributed by atoms with Crippen molar-refractivity contribution >= 4 is 5.91 Å². The number of aromatic nitrogens is 2. The second-order valence-corrected chi connectivity index (χ2v) is 5.53. The minimum absolute atomic E-state index is 0.0547. The molecule has 0 aliphatic carbocycles. The molecule has 1 aliphatic rings. The molecular formula is C16H19N3O2. The van der Waals surface area contributed by atoms with Crippen LogP contribution in [-0.2, 0) is 11.2 Å². The van der Waals surface area contributed by atoms with E-state index in [1.54, 1.807) is 4.90 Å². The first kappa shape index (κ1) is 13.8. The lowest BCUT2D eigenvalue weighted by Gasteiger charge is -2.35. The molecule has 1 aromatic heterocycles. The summed E-state index contributed by atoms with van der Waals surface area (Å²) in [5.74, 6) is 0.0547. The first-order valence-corrected chi connectivity index (χ1v) is 7.12. The lowest BCUT2D eigenvalue weighted by molar-refractivity contribution is -0.140. The number of hydrogen-bond acceptors (Lipinski definition) is 3. The Morgan fingerprint density at radius 1 is 1.29 bits per heavy atom. The van der Waals surface area contributed by atoms with Crippen LogP contribution >= 0.6 is 0 Å². The van der Waals surface area contributed by atoms with E-state index in [4.69, 9.17) is 0 Å². The van der Waals surface area contributed by atoms with Crippen LogP contribution in [-0.4, -0.2) is 44.9 Å². The van der Waals surface area contributed by atoms with Gasteiger partial charge < -0.3 is 10.0 Å². The van der Waals surface area contributed by atoms with E-state index in [9.17, 15) is 9.90 Å². The normalized spacial score (nSPS) is 15.1. The van der Waals surface area contributed by atoms with Crippen molar-refractivity contribution < 1.29 is 9.90 Å². The predicted molar refractivity (Wildman–Crippen MR) is 79.3 cm³/mol. The maximum atomic E-state index is 12.2. The second-order valence-electron chi connectivity index (χ2n) is 5.53. The number of β-amino-alcohol motifs (C(OH)–C–C–N with tert-alkyl or cyclic N) is 1. The maximum absolute atomic E-state index is 12.2. The molecule has 110 valence electrons. The van der Waals surface area contributed by atoms with Crippen molar-refractivity contribution in [2.75, 3.05) is 13.1 Å². The number of amides is 1. The van der Waals surface area contributed by atoms with Crippen LogP contribution < -0.4 is 0 Å². The largest absolute Gasteiger partial charge is 0.389 e. The zero-order valence-electron chi connectivity index (χ0n) is 12.3. The van der Waals surface area contributed by atoms with Crippen LogP contribution in [0.25, 0.3) is 5.69 Å². The Morgan fingerprint density at radius 3 is 2.57 bits per heavy atom. The van der Waals surface area contributed by atoms with Crippen molar-refractivity contribution in [3.8, 4) is 5.69 Å². The van der Waals surface area contributed by atoms with Crippen LogP contribution in [0.5, 0.6) is 0 Å². The summed E-state index contributed by atoms with van der Waals surface area (Å²) in [5.41, 5.74) is 3.85. The first-order valence-electron chi connectivity index (χ1n) is 7.12. The Balaban J connectivity index is 1.83. The van der Waals surface area contributed by atoms with E-state index < -0.39 is 0 Å². The molecule has 1 aromatic carbocycles. The Kier molecular flexibility index (Phi) is 3.51. The van der Waals surface area contributed by atoms with Gasteiger partial charge in [-0.3, -0.25) is 4.79 Å². The van der Waals surface area contributed by atoms with Gasteiger partial charge in [-0.15, -0.1) is 0 Å².